The van der Waals surface area contributed by atoms with Crippen molar-refractivity contribution >= 4 is 18.4 Å². The van der Waals surface area contributed by atoms with E-state index in [9.17, 15) is 4.79 Å². The number of carbonyl (C=O) groups excluding carboxylic acids is 1. The molecule has 72 valence electrons. The van der Waals surface area contributed by atoms with Crippen molar-refractivity contribution in [1.29, 1.82) is 0 Å². The van der Waals surface area contributed by atoms with E-state index in [1.165, 1.54) is 7.11 Å². The lowest BCUT2D eigenvalue weighted by Crippen LogP contribution is -2.39. The number of hydrogen-bond donors (Lipinski definition) is 1. The average molecular weight is 194 g/mol. The first kappa shape index (κ1) is 11.7. The summed E-state index contributed by atoms with van der Waals surface area (Å²) >= 11 is 0. The van der Waals surface area contributed by atoms with Crippen molar-refractivity contribution < 1.29 is 9.53 Å². The number of nitrogens with one attached hydrogen (secondary N) is 1. The Bertz CT molecular complexity index is 152. The molecule has 1 N–H and O–H groups in total. The van der Waals surface area contributed by atoms with E-state index in [1.54, 1.807) is 0 Å². The molecule has 0 bridgehead atoms. The minimum atomic E-state index is -0.0565. The molecule has 1 heterocycles. The summed E-state index contributed by atoms with van der Waals surface area (Å²) in [5.41, 5.74) is 0. The normalized spacial score (nSPS) is 28.8. The molecule has 12 heavy (non-hydrogen) atoms. The van der Waals surface area contributed by atoms with Gasteiger partial charge in [0.25, 0.3) is 0 Å². The SMILES string of the molecule is COC(=O)[C@@H]1CCNC[C@H]1C.Cl. The molecule has 0 radical (unpaired) electrons. The van der Waals surface area contributed by atoms with Gasteiger partial charge in [0.1, 0.15) is 0 Å². The van der Waals surface area contributed by atoms with Crippen molar-refractivity contribution in [2.45, 2.75) is 13.3 Å². The standard InChI is InChI=1S/C8H15NO2.ClH/c1-6-5-9-4-3-7(6)8(10)11-2;/h6-7,9H,3-5H2,1-2H3;1H/t6-,7-;/m1./s1. The highest BCUT2D eigenvalue weighted by Gasteiger charge is 2.27. The molecule has 1 saturated heterocycles. The van der Waals surface area contributed by atoms with E-state index in [4.69, 9.17) is 4.74 Å². The molecular weight excluding hydrogens is 178 g/mol. The topological polar surface area (TPSA) is 38.3 Å². The molecule has 0 saturated carbocycles. The molecule has 1 rings (SSSR count). The average Bonchev–Trinajstić information content (AvgIpc) is 2.04. The van der Waals surface area contributed by atoms with E-state index in [0.29, 0.717) is 5.92 Å². The van der Waals surface area contributed by atoms with Gasteiger partial charge in [0.15, 0.2) is 0 Å². The Balaban J connectivity index is 0.00000121. The van der Waals surface area contributed by atoms with Gasteiger partial charge in [-0.05, 0) is 25.4 Å². The number of esters is 1. The Morgan fingerprint density at radius 3 is 2.75 bits per heavy atom. The first-order valence-electron chi connectivity index (χ1n) is 4.04. The van der Waals surface area contributed by atoms with E-state index in [0.717, 1.165) is 19.5 Å². The summed E-state index contributed by atoms with van der Waals surface area (Å²) in [5, 5.41) is 3.24. The Hall–Kier alpha value is -0.280. The van der Waals surface area contributed by atoms with Gasteiger partial charge < -0.3 is 10.1 Å². The van der Waals surface area contributed by atoms with Crippen LogP contribution in [0, 0.1) is 11.8 Å². The van der Waals surface area contributed by atoms with E-state index in [-0.39, 0.29) is 24.3 Å². The van der Waals surface area contributed by atoms with Crippen LogP contribution in [0.3, 0.4) is 0 Å². The van der Waals surface area contributed by atoms with Gasteiger partial charge >= 0.3 is 5.97 Å². The van der Waals surface area contributed by atoms with E-state index in [2.05, 4.69) is 12.2 Å². The maximum atomic E-state index is 11.1. The second kappa shape index (κ2) is 5.38. The monoisotopic (exact) mass is 193 g/mol. The first-order chi connectivity index (χ1) is 5.25. The second-order valence-electron chi connectivity index (χ2n) is 3.10. The Labute approximate surface area is 79.3 Å². The largest absolute Gasteiger partial charge is 0.469 e. The summed E-state index contributed by atoms with van der Waals surface area (Å²) in [6.07, 6.45) is 0.911. The summed E-state index contributed by atoms with van der Waals surface area (Å²) in [4.78, 5) is 11.1. The maximum absolute atomic E-state index is 11.1. The smallest absolute Gasteiger partial charge is 0.309 e. The highest BCUT2D eigenvalue weighted by molar-refractivity contribution is 5.85. The number of halogens is 1. The minimum Gasteiger partial charge on any atom is -0.469 e. The maximum Gasteiger partial charge on any atom is 0.309 e. The lowest BCUT2D eigenvalue weighted by molar-refractivity contribution is -0.148. The van der Waals surface area contributed by atoms with Crippen LogP contribution in [0.2, 0.25) is 0 Å². The van der Waals surface area contributed by atoms with Crippen LogP contribution in [-0.4, -0.2) is 26.2 Å². The van der Waals surface area contributed by atoms with E-state index in [1.807, 2.05) is 0 Å². The first-order valence-corrected chi connectivity index (χ1v) is 4.04. The highest BCUT2D eigenvalue weighted by Crippen LogP contribution is 2.19. The molecule has 0 aromatic rings. The molecular formula is C8H16ClNO2. The molecule has 0 unspecified atom stereocenters. The van der Waals surface area contributed by atoms with Crippen LogP contribution in [0.1, 0.15) is 13.3 Å². The van der Waals surface area contributed by atoms with Crippen molar-refractivity contribution in [2.24, 2.45) is 11.8 Å². The van der Waals surface area contributed by atoms with Crippen LogP contribution in [0.5, 0.6) is 0 Å². The molecule has 0 aromatic carbocycles. The summed E-state index contributed by atoms with van der Waals surface area (Å²) < 4.78 is 4.69. The van der Waals surface area contributed by atoms with Gasteiger partial charge in [-0.2, -0.15) is 0 Å². The molecule has 1 aliphatic rings. The van der Waals surface area contributed by atoms with Crippen molar-refractivity contribution in [3.05, 3.63) is 0 Å². The molecule has 0 aliphatic carbocycles. The minimum absolute atomic E-state index is 0. The zero-order chi connectivity index (χ0) is 8.27. The van der Waals surface area contributed by atoms with Crippen molar-refractivity contribution in [1.82, 2.24) is 5.32 Å². The van der Waals surface area contributed by atoms with E-state index < -0.39 is 0 Å². The third kappa shape index (κ3) is 2.64. The van der Waals surface area contributed by atoms with Crippen LogP contribution in [0.4, 0.5) is 0 Å². The molecule has 4 heteroatoms. The molecule has 0 spiro atoms. The summed E-state index contributed by atoms with van der Waals surface area (Å²) in [5.74, 6) is 0.469. The van der Waals surface area contributed by atoms with Crippen LogP contribution in [0.15, 0.2) is 0 Å². The third-order valence-electron chi connectivity index (χ3n) is 2.29. The predicted molar refractivity (Wildman–Crippen MR) is 49.4 cm³/mol. The molecule has 1 fully saturated rings. The zero-order valence-corrected chi connectivity index (χ0v) is 8.32. The molecule has 1 aliphatic heterocycles. The number of methoxy groups -OCH3 is 1. The number of carbonyl (C=O) groups is 1. The van der Waals surface area contributed by atoms with Crippen LogP contribution >= 0.6 is 12.4 Å². The lowest BCUT2D eigenvalue weighted by Gasteiger charge is -2.26. The number of rotatable bonds is 1. The van der Waals surface area contributed by atoms with Gasteiger partial charge in [0.2, 0.25) is 0 Å². The van der Waals surface area contributed by atoms with Gasteiger partial charge in [-0.25, -0.2) is 0 Å². The number of piperidine rings is 1. The molecule has 0 aromatic heterocycles. The van der Waals surface area contributed by atoms with Crippen LogP contribution in [-0.2, 0) is 9.53 Å². The highest BCUT2D eigenvalue weighted by atomic mass is 35.5. The lowest BCUT2D eigenvalue weighted by atomic mass is 9.88. The molecule has 2 atom stereocenters. The van der Waals surface area contributed by atoms with Gasteiger partial charge in [0, 0.05) is 0 Å². The summed E-state index contributed by atoms with van der Waals surface area (Å²) in [6.45, 7) is 3.94. The van der Waals surface area contributed by atoms with Crippen molar-refractivity contribution in [3.63, 3.8) is 0 Å². The second-order valence-corrected chi connectivity index (χ2v) is 3.10. The summed E-state index contributed by atoms with van der Waals surface area (Å²) in [7, 11) is 1.46. The molecule has 3 nitrogen and oxygen atoms in total. The van der Waals surface area contributed by atoms with Gasteiger partial charge in [-0.15, -0.1) is 12.4 Å². The Morgan fingerprint density at radius 1 is 1.58 bits per heavy atom. The van der Waals surface area contributed by atoms with Gasteiger partial charge in [-0.1, -0.05) is 6.92 Å². The predicted octanol–water partition coefficient (Wildman–Crippen LogP) is 0.827. The number of ether oxygens (including phenoxy) is 1. The third-order valence-corrected chi connectivity index (χ3v) is 2.29. The summed E-state index contributed by atoms with van der Waals surface area (Å²) in [6, 6.07) is 0. The number of hydrogen-bond acceptors (Lipinski definition) is 3. The quantitative estimate of drug-likeness (QED) is 0.627. The van der Waals surface area contributed by atoms with Gasteiger partial charge in [0.05, 0.1) is 13.0 Å². The van der Waals surface area contributed by atoms with Crippen LogP contribution < -0.4 is 5.32 Å². The fraction of sp³-hybridized carbons (Fsp3) is 0.875. The fourth-order valence-corrected chi connectivity index (χ4v) is 1.52. The Morgan fingerprint density at radius 2 is 2.25 bits per heavy atom. The van der Waals surface area contributed by atoms with Crippen molar-refractivity contribution in [3.8, 4) is 0 Å². The zero-order valence-electron chi connectivity index (χ0n) is 7.50. The van der Waals surface area contributed by atoms with E-state index >= 15 is 0 Å². The van der Waals surface area contributed by atoms with Crippen molar-refractivity contribution in [2.75, 3.05) is 20.2 Å². The molecule has 0 amide bonds. The van der Waals surface area contributed by atoms with Crippen LogP contribution in [0.25, 0.3) is 0 Å². The van der Waals surface area contributed by atoms with Gasteiger partial charge in [-0.3, -0.25) is 4.79 Å². The fourth-order valence-electron chi connectivity index (χ4n) is 1.52. The Kier molecular flexibility index (Phi) is 5.25.